The highest BCUT2D eigenvalue weighted by molar-refractivity contribution is 7.99. The van der Waals surface area contributed by atoms with E-state index in [9.17, 15) is 13.2 Å². The molecule has 158 valence electrons. The molecular weight excluding hydrogens is 410 g/mol. The number of hydrogen-bond donors (Lipinski definition) is 1. The monoisotopic (exact) mass is 437 g/mol. The molecule has 2 heterocycles. The van der Waals surface area contributed by atoms with E-state index in [0.717, 1.165) is 42.5 Å². The first-order valence-electron chi connectivity index (χ1n) is 10.2. The average Bonchev–Trinajstić information content (AvgIpc) is 3.40. The number of imidazole rings is 1. The molecule has 0 radical (unpaired) electrons. The number of aromatic nitrogens is 2. The molecule has 2 aliphatic rings. The fourth-order valence-corrected chi connectivity index (χ4v) is 6.84. The van der Waals surface area contributed by atoms with Crippen LogP contribution >= 0.6 is 11.8 Å². The summed E-state index contributed by atoms with van der Waals surface area (Å²) in [7, 11) is -3.03. The summed E-state index contributed by atoms with van der Waals surface area (Å²) in [6.45, 7) is 2.54. The zero-order chi connectivity index (χ0) is 20.4. The van der Waals surface area contributed by atoms with Gasteiger partial charge in [-0.3, -0.25) is 4.79 Å². The van der Waals surface area contributed by atoms with Crippen molar-refractivity contribution in [3.8, 4) is 5.75 Å². The number of nitrogens with one attached hydrogen (secondary N) is 1. The lowest BCUT2D eigenvalue weighted by Crippen LogP contribution is -2.47. The Bertz CT molecular complexity index is 983. The second-order valence-corrected chi connectivity index (χ2v) is 10.9. The molecule has 4 rings (SSSR count). The zero-order valence-corrected chi connectivity index (χ0v) is 18.2. The van der Waals surface area contributed by atoms with Gasteiger partial charge >= 0.3 is 0 Å². The number of H-pyrrole nitrogens is 1. The molecule has 1 saturated heterocycles. The molecule has 1 amide bonds. The number of benzene rings is 1. The number of sulfone groups is 1. The first-order valence-corrected chi connectivity index (χ1v) is 13.0. The predicted molar refractivity (Wildman–Crippen MR) is 114 cm³/mol. The average molecular weight is 438 g/mol. The molecule has 1 aromatic carbocycles. The maximum Gasteiger partial charge on any atom is 0.233 e. The third-order valence-corrected chi connectivity index (χ3v) is 8.29. The smallest absolute Gasteiger partial charge is 0.233 e. The van der Waals surface area contributed by atoms with Gasteiger partial charge in [-0.15, -0.1) is 0 Å². The van der Waals surface area contributed by atoms with Crippen LogP contribution in [0, 0.1) is 0 Å². The van der Waals surface area contributed by atoms with Gasteiger partial charge in [0.05, 0.1) is 34.9 Å². The second-order valence-electron chi connectivity index (χ2n) is 7.74. The Morgan fingerprint density at radius 1 is 1.28 bits per heavy atom. The number of rotatable bonds is 7. The maximum absolute atomic E-state index is 13.1. The fourth-order valence-electron chi connectivity index (χ4n) is 4.38. The van der Waals surface area contributed by atoms with Gasteiger partial charge in [-0.2, -0.15) is 0 Å². The van der Waals surface area contributed by atoms with Crippen LogP contribution in [0.2, 0.25) is 0 Å². The van der Waals surface area contributed by atoms with Gasteiger partial charge in [-0.1, -0.05) is 24.6 Å². The number of thioether (sulfide) groups is 1. The van der Waals surface area contributed by atoms with Gasteiger partial charge in [0.2, 0.25) is 5.91 Å². The quantitative estimate of drug-likeness (QED) is 0.670. The van der Waals surface area contributed by atoms with Crippen LogP contribution in [0.25, 0.3) is 11.0 Å². The third-order valence-electron chi connectivity index (χ3n) is 5.68. The Labute approximate surface area is 175 Å². The van der Waals surface area contributed by atoms with Crippen molar-refractivity contribution >= 4 is 38.5 Å². The highest BCUT2D eigenvalue weighted by atomic mass is 32.2. The van der Waals surface area contributed by atoms with Crippen LogP contribution < -0.4 is 4.74 Å². The normalized spacial score (nSPS) is 21.6. The lowest BCUT2D eigenvalue weighted by atomic mass is 10.1. The van der Waals surface area contributed by atoms with Crippen molar-refractivity contribution in [2.24, 2.45) is 0 Å². The molecule has 29 heavy (non-hydrogen) atoms. The van der Waals surface area contributed by atoms with E-state index < -0.39 is 9.84 Å². The van der Waals surface area contributed by atoms with E-state index in [-0.39, 0.29) is 35.2 Å². The number of ether oxygens (including phenoxy) is 1. The number of carbonyl (C=O) groups excluding carboxylic acids is 1. The van der Waals surface area contributed by atoms with Crippen molar-refractivity contribution in [1.29, 1.82) is 0 Å². The largest absolute Gasteiger partial charge is 0.494 e. The van der Waals surface area contributed by atoms with Gasteiger partial charge in [0.25, 0.3) is 0 Å². The summed E-state index contributed by atoms with van der Waals surface area (Å²) < 4.78 is 29.5. The fraction of sp³-hybridized carbons (Fsp3) is 0.600. The van der Waals surface area contributed by atoms with Crippen LogP contribution in [0.3, 0.4) is 0 Å². The minimum absolute atomic E-state index is 0.0134. The third kappa shape index (κ3) is 4.71. The van der Waals surface area contributed by atoms with E-state index >= 15 is 0 Å². The molecule has 0 unspecified atom stereocenters. The van der Waals surface area contributed by atoms with Gasteiger partial charge in [-0.05, 0) is 38.3 Å². The maximum atomic E-state index is 13.1. The molecule has 1 aromatic heterocycles. The summed E-state index contributed by atoms with van der Waals surface area (Å²) in [6, 6.07) is 5.68. The van der Waals surface area contributed by atoms with E-state index in [0.29, 0.717) is 18.2 Å². The predicted octanol–water partition coefficient (Wildman–Crippen LogP) is 3.01. The Morgan fingerprint density at radius 2 is 2.07 bits per heavy atom. The summed E-state index contributed by atoms with van der Waals surface area (Å²) in [5.74, 6) is 1.34. The van der Waals surface area contributed by atoms with Gasteiger partial charge in [0, 0.05) is 18.2 Å². The first-order chi connectivity index (χ1) is 13.9. The SMILES string of the molecule is CCOc1ccc2nc(SCC(=O)N(C3CCCC3)[C@H]3CCS(=O)(=O)C3)[nH]c2c1. The summed E-state index contributed by atoms with van der Waals surface area (Å²) in [4.78, 5) is 22.8. The molecule has 0 bridgehead atoms. The van der Waals surface area contributed by atoms with Crippen LogP contribution in [0.1, 0.15) is 39.0 Å². The number of aromatic amines is 1. The molecule has 1 saturated carbocycles. The number of amides is 1. The van der Waals surface area contributed by atoms with Gasteiger partial charge in [-0.25, -0.2) is 13.4 Å². The van der Waals surface area contributed by atoms with E-state index in [2.05, 4.69) is 9.97 Å². The minimum Gasteiger partial charge on any atom is -0.494 e. The van der Waals surface area contributed by atoms with Crippen molar-refractivity contribution < 1.29 is 17.9 Å². The summed E-state index contributed by atoms with van der Waals surface area (Å²) in [6.07, 6.45) is 4.70. The summed E-state index contributed by atoms with van der Waals surface area (Å²) in [5, 5.41) is 0.687. The van der Waals surface area contributed by atoms with E-state index in [1.54, 1.807) is 0 Å². The molecule has 1 aliphatic carbocycles. The Kier molecular flexibility index (Phi) is 6.06. The summed E-state index contributed by atoms with van der Waals surface area (Å²) >= 11 is 1.37. The Balaban J connectivity index is 1.45. The van der Waals surface area contributed by atoms with Gasteiger partial charge < -0.3 is 14.6 Å². The van der Waals surface area contributed by atoms with Gasteiger partial charge in [0.1, 0.15) is 5.75 Å². The molecule has 1 N–H and O–H groups in total. The minimum atomic E-state index is -3.03. The Morgan fingerprint density at radius 3 is 2.76 bits per heavy atom. The first kappa shape index (κ1) is 20.5. The highest BCUT2D eigenvalue weighted by Crippen LogP contribution is 2.30. The van der Waals surface area contributed by atoms with Crippen LogP contribution in [-0.2, 0) is 14.6 Å². The Hall–Kier alpha value is -1.74. The second kappa shape index (κ2) is 8.55. The summed E-state index contributed by atoms with van der Waals surface area (Å²) in [5.41, 5.74) is 1.71. The number of fused-ring (bicyclic) bond motifs is 1. The van der Waals surface area contributed by atoms with Crippen molar-refractivity contribution in [2.75, 3.05) is 23.9 Å². The van der Waals surface area contributed by atoms with Crippen LogP contribution in [0.15, 0.2) is 23.4 Å². The lowest BCUT2D eigenvalue weighted by molar-refractivity contribution is -0.132. The number of carbonyl (C=O) groups is 1. The van der Waals surface area contributed by atoms with Crippen LogP contribution in [0.5, 0.6) is 5.75 Å². The van der Waals surface area contributed by atoms with E-state index in [4.69, 9.17) is 4.74 Å². The molecule has 2 aromatic rings. The molecule has 9 heteroatoms. The topological polar surface area (TPSA) is 92.4 Å². The molecule has 1 aliphatic heterocycles. The molecule has 0 spiro atoms. The van der Waals surface area contributed by atoms with E-state index in [1.165, 1.54) is 11.8 Å². The van der Waals surface area contributed by atoms with Gasteiger partial charge in [0.15, 0.2) is 15.0 Å². The van der Waals surface area contributed by atoms with Crippen molar-refractivity contribution in [1.82, 2.24) is 14.9 Å². The standard InChI is InChI=1S/C20H27N3O4S2/c1-2-27-16-7-8-17-18(11-16)22-20(21-17)28-12-19(24)23(14-5-3-4-6-14)15-9-10-29(25,26)13-15/h7-8,11,14-15H,2-6,9-10,12-13H2,1H3,(H,21,22)/t15-/m0/s1. The number of nitrogens with zero attached hydrogens (tertiary/aromatic N) is 2. The highest BCUT2D eigenvalue weighted by Gasteiger charge is 2.38. The molecule has 1 atom stereocenters. The van der Waals surface area contributed by atoms with E-state index in [1.807, 2.05) is 30.0 Å². The lowest BCUT2D eigenvalue weighted by Gasteiger charge is -2.34. The van der Waals surface area contributed by atoms with Crippen molar-refractivity contribution in [3.63, 3.8) is 0 Å². The molecule has 2 fully saturated rings. The van der Waals surface area contributed by atoms with Crippen LogP contribution in [0.4, 0.5) is 0 Å². The van der Waals surface area contributed by atoms with Crippen molar-refractivity contribution in [2.45, 2.75) is 56.3 Å². The van der Waals surface area contributed by atoms with Crippen LogP contribution in [-0.4, -0.2) is 65.1 Å². The molecule has 7 nitrogen and oxygen atoms in total. The zero-order valence-electron chi connectivity index (χ0n) is 16.6. The number of hydrogen-bond acceptors (Lipinski definition) is 6. The molecular formula is C20H27N3O4S2. The van der Waals surface area contributed by atoms with Crippen molar-refractivity contribution in [3.05, 3.63) is 18.2 Å².